The summed E-state index contributed by atoms with van der Waals surface area (Å²) in [6.45, 7) is 3.91. The Labute approximate surface area is 93.8 Å². The summed E-state index contributed by atoms with van der Waals surface area (Å²) in [7, 11) is 1.22. The van der Waals surface area contributed by atoms with E-state index in [9.17, 15) is 9.18 Å². The number of carbonyl (C=O) groups excluding carboxylic acids is 1. The summed E-state index contributed by atoms with van der Waals surface area (Å²) in [5.74, 6) is -0.504. The number of carbonyl (C=O) groups is 1. The Morgan fingerprint density at radius 3 is 2.62 bits per heavy atom. The number of hydrogen-bond acceptors (Lipinski definition) is 3. The summed E-state index contributed by atoms with van der Waals surface area (Å²) >= 11 is 0. The van der Waals surface area contributed by atoms with Gasteiger partial charge in [-0.3, -0.25) is 5.32 Å². The molecule has 88 valence electrons. The third-order valence-corrected chi connectivity index (χ3v) is 1.85. The number of ether oxygens (including phenoxy) is 1. The Kier molecular flexibility index (Phi) is 4.10. The van der Waals surface area contributed by atoms with Crippen LogP contribution in [0.1, 0.15) is 13.8 Å². The lowest BCUT2D eigenvalue weighted by atomic mass is 10.2. The fourth-order valence-corrected chi connectivity index (χ4v) is 1.20. The van der Waals surface area contributed by atoms with E-state index in [0.29, 0.717) is 5.69 Å². The number of methoxy groups -OCH3 is 1. The van der Waals surface area contributed by atoms with Gasteiger partial charge in [0.25, 0.3) is 0 Å². The average Bonchev–Trinajstić information content (AvgIpc) is 2.21. The molecule has 0 spiro atoms. The van der Waals surface area contributed by atoms with Gasteiger partial charge in [0.15, 0.2) is 0 Å². The molecule has 0 saturated carbocycles. The highest BCUT2D eigenvalue weighted by Crippen LogP contribution is 2.19. The lowest BCUT2D eigenvalue weighted by molar-refractivity contribution is 0.187. The third-order valence-electron chi connectivity index (χ3n) is 1.85. The summed E-state index contributed by atoms with van der Waals surface area (Å²) in [6.07, 6.45) is -0.691. The number of anilines is 2. The van der Waals surface area contributed by atoms with E-state index in [1.165, 1.54) is 19.2 Å². The number of benzene rings is 1. The van der Waals surface area contributed by atoms with Crippen LogP contribution < -0.4 is 10.6 Å². The van der Waals surface area contributed by atoms with Crippen molar-refractivity contribution in [2.75, 3.05) is 17.7 Å². The van der Waals surface area contributed by atoms with E-state index in [1.807, 2.05) is 13.8 Å². The van der Waals surface area contributed by atoms with Gasteiger partial charge >= 0.3 is 6.09 Å². The molecule has 0 aliphatic rings. The van der Waals surface area contributed by atoms with Crippen molar-refractivity contribution in [3.8, 4) is 0 Å². The van der Waals surface area contributed by atoms with Crippen molar-refractivity contribution in [1.82, 2.24) is 0 Å². The largest absolute Gasteiger partial charge is 0.453 e. The summed E-state index contributed by atoms with van der Waals surface area (Å²) in [5, 5.41) is 5.33. The Hall–Kier alpha value is -1.78. The van der Waals surface area contributed by atoms with Gasteiger partial charge in [0.05, 0.1) is 12.8 Å². The van der Waals surface area contributed by atoms with Crippen molar-refractivity contribution in [3.05, 3.63) is 24.0 Å². The highest BCUT2D eigenvalue weighted by Gasteiger charge is 2.07. The summed E-state index contributed by atoms with van der Waals surface area (Å²) in [5.41, 5.74) is 0.768. The first-order valence-corrected chi connectivity index (χ1v) is 4.94. The number of halogens is 1. The topological polar surface area (TPSA) is 50.4 Å². The highest BCUT2D eigenvalue weighted by atomic mass is 19.1. The molecule has 0 aliphatic heterocycles. The molecular formula is C11H15FN2O2. The monoisotopic (exact) mass is 226 g/mol. The maximum absolute atomic E-state index is 13.5. The van der Waals surface area contributed by atoms with Crippen LogP contribution in [0.15, 0.2) is 18.2 Å². The second kappa shape index (κ2) is 5.34. The van der Waals surface area contributed by atoms with Crippen LogP contribution in [0.2, 0.25) is 0 Å². The molecule has 0 radical (unpaired) electrons. The molecule has 0 saturated heterocycles. The van der Waals surface area contributed by atoms with Crippen LogP contribution in [0.4, 0.5) is 20.6 Å². The van der Waals surface area contributed by atoms with Crippen LogP contribution >= 0.6 is 0 Å². The molecule has 0 heterocycles. The minimum Gasteiger partial charge on any atom is -0.453 e. The predicted molar refractivity (Wildman–Crippen MR) is 61.2 cm³/mol. The molecule has 2 N–H and O–H groups in total. The normalized spacial score (nSPS) is 10.1. The van der Waals surface area contributed by atoms with Crippen LogP contribution in [0.5, 0.6) is 0 Å². The fourth-order valence-electron chi connectivity index (χ4n) is 1.20. The van der Waals surface area contributed by atoms with Crippen LogP contribution in [-0.2, 0) is 4.74 Å². The van der Waals surface area contributed by atoms with Crippen LogP contribution in [0, 0.1) is 5.82 Å². The van der Waals surface area contributed by atoms with Crippen molar-refractivity contribution in [1.29, 1.82) is 0 Å². The van der Waals surface area contributed by atoms with Gasteiger partial charge in [0, 0.05) is 11.7 Å². The lowest BCUT2D eigenvalue weighted by Crippen LogP contribution is -2.13. The van der Waals surface area contributed by atoms with E-state index in [0.717, 1.165) is 0 Å². The maximum Gasteiger partial charge on any atom is 0.411 e. The molecule has 1 amide bonds. The molecule has 16 heavy (non-hydrogen) atoms. The van der Waals surface area contributed by atoms with Gasteiger partial charge in [0.2, 0.25) is 0 Å². The molecule has 1 aromatic rings. The van der Waals surface area contributed by atoms with Crippen LogP contribution in [0.25, 0.3) is 0 Å². The van der Waals surface area contributed by atoms with Gasteiger partial charge in [0.1, 0.15) is 5.82 Å². The number of rotatable bonds is 3. The minimum absolute atomic E-state index is 0.0983. The number of amides is 1. The van der Waals surface area contributed by atoms with E-state index < -0.39 is 11.9 Å². The zero-order valence-electron chi connectivity index (χ0n) is 9.50. The van der Waals surface area contributed by atoms with Crippen LogP contribution in [-0.4, -0.2) is 19.2 Å². The molecule has 1 rings (SSSR count). The average molecular weight is 226 g/mol. The molecule has 0 aromatic heterocycles. The molecule has 5 heteroatoms. The van der Waals surface area contributed by atoms with E-state index >= 15 is 0 Å². The van der Waals surface area contributed by atoms with Gasteiger partial charge < -0.3 is 10.1 Å². The van der Waals surface area contributed by atoms with Gasteiger partial charge in [-0.1, -0.05) is 0 Å². The van der Waals surface area contributed by atoms with Gasteiger partial charge in [-0.05, 0) is 32.0 Å². The van der Waals surface area contributed by atoms with Gasteiger partial charge in [-0.25, -0.2) is 9.18 Å². The lowest BCUT2D eigenvalue weighted by Gasteiger charge is -2.11. The zero-order valence-corrected chi connectivity index (χ0v) is 9.50. The molecular weight excluding hydrogens is 211 g/mol. The Morgan fingerprint density at radius 2 is 2.12 bits per heavy atom. The smallest absolute Gasteiger partial charge is 0.411 e. The Balaban J connectivity index is 2.79. The molecule has 1 aromatic carbocycles. The molecule has 0 unspecified atom stereocenters. The molecule has 4 nitrogen and oxygen atoms in total. The Morgan fingerprint density at radius 1 is 1.44 bits per heavy atom. The van der Waals surface area contributed by atoms with Crippen molar-refractivity contribution < 1.29 is 13.9 Å². The Bertz CT molecular complexity index is 380. The highest BCUT2D eigenvalue weighted by molar-refractivity contribution is 5.84. The van der Waals surface area contributed by atoms with Gasteiger partial charge in [-0.2, -0.15) is 0 Å². The molecule has 0 bridgehead atoms. The zero-order chi connectivity index (χ0) is 12.1. The quantitative estimate of drug-likeness (QED) is 0.833. The molecule has 0 atom stereocenters. The molecule has 0 fully saturated rings. The summed E-state index contributed by atoms with van der Waals surface area (Å²) in [4.78, 5) is 10.9. The standard InChI is InChI=1S/C11H15FN2O2/c1-7(2)13-8-4-5-10(9(12)6-8)14-11(15)16-3/h4-7,13H,1-3H3,(H,14,15). The van der Waals surface area contributed by atoms with E-state index in [1.54, 1.807) is 6.07 Å². The number of hydrogen-bond donors (Lipinski definition) is 2. The van der Waals surface area contributed by atoms with Gasteiger partial charge in [-0.15, -0.1) is 0 Å². The second-order valence-corrected chi connectivity index (χ2v) is 3.61. The van der Waals surface area contributed by atoms with Crippen molar-refractivity contribution in [3.63, 3.8) is 0 Å². The fraction of sp³-hybridized carbons (Fsp3) is 0.364. The van der Waals surface area contributed by atoms with E-state index in [-0.39, 0.29) is 11.7 Å². The summed E-state index contributed by atoms with van der Waals surface area (Å²) in [6, 6.07) is 4.72. The molecule has 0 aliphatic carbocycles. The first kappa shape index (κ1) is 12.3. The number of nitrogens with one attached hydrogen (secondary N) is 2. The maximum atomic E-state index is 13.5. The van der Waals surface area contributed by atoms with Crippen LogP contribution in [0.3, 0.4) is 0 Å². The van der Waals surface area contributed by atoms with E-state index in [2.05, 4.69) is 15.4 Å². The summed E-state index contributed by atoms with van der Waals surface area (Å²) < 4.78 is 17.9. The second-order valence-electron chi connectivity index (χ2n) is 3.61. The first-order chi connectivity index (χ1) is 7.52. The predicted octanol–water partition coefficient (Wildman–Crippen LogP) is 2.82. The van der Waals surface area contributed by atoms with Crippen molar-refractivity contribution in [2.24, 2.45) is 0 Å². The van der Waals surface area contributed by atoms with Crippen molar-refractivity contribution >= 4 is 17.5 Å². The third kappa shape index (κ3) is 3.42. The SMILES string of the molecule is COC(=O)Nc1ccc(NC(C)C)cc1F. The van der Waals surface area contributed by atoms with Crippen molar-refractivity contribution in [2.45, 2.75) is 19.9 Å². The first-order valence-electron chi connectivity index (χ1n) is 4.94. The minimum atomic E-state index is -0.691. The van der Waals surface area contributed by atoms with E-state index in [4.69, 9.17) is 0 Å².